The summed E-state index contributed by atoms with van der Waals surface area (Å²) in [5, 5.41) is 13.0. The third-order valence-electron chi connectivity index (χ3n) is 4.89. The van der Waals surface area contributed by atoms with Gasteiger partial charge < -0.3 is 0 Å². The fraction of sp³-hybridized carbons (Fsp3) is 0.333. The molecule has 1 saturated heterocycles. The van der Waals surface area contributed by atoms with Gasteiger partial charge in [-0.1, -0.05) is 53.5 Å². The Morgan fingerprint density at radius 1 is 1.03 bits per heavy atom. The van der Waals surface area contributed by atoms with Gasteiger partial charge in [0.05, 0.1) is 27.8 Å². The fourth-order valence-corrected chi connectivity index (χ4v) is 3.79. The second-order valence-electron chi connectivity index (χ2n) is 7.13. The summed E-state index contributed by atoms with van der Waals surface area (Å²) >= 11 is 11.9. The standard InChI is InChI=1S/C21H20Cl2F3N5/c22-18-10-16(21(24,25)26)11-19(23)20(18)29-28-17(12-27)14-31-8-6-30(7-9-31)13-15-4-2-1-3-5-15/h1-5,10-11,29H,6-9,13-14H2/b28-17+. The Morgan fingerprint density at radius 2 is 1.61 bits per heavy atom. The molecule has 2 aromatic carbocycles. The molecule has 31 heavy (non-hydrogen) atoms. The second kappa shape index (κ2) is 10.3. The predicted octanol–water partition coefficient (Wildman–Crippen LogP) is 5.12. The number of halogens is 5. The smallest absolute Gasteiger partial charge is 0.297 e. The molecular formula is C21H20Cl2F3N5. The SMILES string of the molecule is N#C/C(CN1CCN(Cc2ccccc2)CC1)=N\Nc1c(Cl)cc(C(F)(F)F)cc1Cl. The molecule has 1 aliphatic heterocycles. The zero-order valence-electron chi connectivity index (χ0n) is 16.5. The van der Waals surface area contributed by atoms with Crippen LogP contribution in [0.5, 0.6) is 0 Å². The zero-order chi connectivity index (χ0) is 22.4. The third kappa shape index (κ3) is 6.58. The van der Waals surface area contributed by atoms with Gasteiger partial charge in [-0.25, -0.2) is 0 Å². The number of hydrogen-bond donors (Lipinski definition) is 1. The highest BCUT2D eigenvalue weighted by atomic mass is 35.5. The molecule has 0 radical (unpaired) electrons. The number of hydrazone groups is 1. The minimum Gasteiger partial charge on any atom is -0.297 e. The van der Waals surface area contributed by atoms with Crippen LogP contribution in [0.4, 0.5) is 18.9 Å². The van der Waals surface area contributed by atoms with Crippen LogP contribution in [0.1, 0.15) is 11.1 Å². The Bertz CT molecular complexity index is 942. The monoisotopic (exact) mass is 469 g/mol. The number of anilines is 1. The first-order valence-corrected chi connectivity index (χ1v) is 10.3. The summed E-state index contributed by atoms with van der Waals surface area (Å²) in [7, 11) is 0. The number of hydrogen-bond acceptors (Lipinski definition) is 5. The van der Waals surface area contributed by atoms with E-state index in [2.05, 4.69) is 32.5 Å². The summed E-state index contributed by atoms with van der Waals surface area (Å²) < 4.78 is 38.5. The highest BCUT2D eigenvalue weighted by Crippen LogP contribution is 2.38. The van der Waals surface area contributed by atoms with Crippen molar-refractivity contribution in [3.05, 3.63) is 63.6 Å². The lowest BCUT2D eigenvalue weighted by Crippen LogP contribution is -2.47. The Balaban J connectivity index is 1.57. The molecule has 5 nitrogen and oxygen atoms in total. The number of rotatable bonds is 6. The largest absolute Gasteiger partial charge is 0.416 e. The van der Waals surface area contributed by atoms with Crippen molar-refractivity contribution in [2.75, 3.05) is 38.1 Å². The minimum absolute atomic E-state index is 0.0248. The van der Waals surface area contributed by atoms with E-state index in [1.165, 1.54) is 5.56 Å². The Kier molecular flexibility index (Phi) is 7.79. The number of nitriles is 1. The molecule has 0 bridgehead atoms. The van der Waals surface area contributed by atoms with Crippen molar-refractivity contribution < 1.29 is 13.2 Å². The molecule has 3 rings (SSSR count). The predicted molar refractivity (Wildman–Crippen MR) is 116 cm³/mol. The number of nitrogens with zero attached hydrogens (tertiary/aromatic N) is 4. The first kappa shape index (κ1) is 23.4. The molecular weight excluding hydrogens is 450 g/mol. The second-order valence-corrected chi connectivity index (χ2v) is 7.95. The first-order chi connectivity index (χ1) is 14.8. The maximum Gasteiger partial charge on any atom is 0.416 e. The van der Waals surface area contributed by atoms with Crippen LogP contribution in [0.3, 0.4) is 0 Å². The summed E-state index contributed by atoms with van der Waals surface area (Å²) in [6, 6.07) is 13.8. The van der Waals surface area contributed by atoms with Crippen LogP contribution >= 0.6 is 23.2 Å². The van der Waals surface area contributed by atoms with Gasteiger partial charge in [-0.3, -0.25) is 15.2 Å². The van der Waals surface area contributed by atoms with Crippen LogP contribution < -0.4 is 5.43 Å². The molecule has 1 N–H and O–H groups in total. The number of benzene rings is 2. The molecule has 1 heterocycles. The molecule has 0 spiro atoms. The van der Waals surface area contributed by atoms with Crippen LogP contribution in [-0.4, -0.2) is 48.2 Å². The maximum absolute atomic E-state index is 12.8. The lowest BCUT2D eigenvalue weighted by Gasteiger charge is -2.34. The minimum atomic E-state index is -4.56. The van der Waals surface area contributed by atoms with Gasteiger partial charge in [0.25, 0.3) is 0 Å². The molecule has 0 unspecified atom stereocenters. The van der Waals surface area contributed by atoms with E-state index >= 15 is 0 Å². The Morgan fingerprint density at radius 3 is 2.16 bits per heavy atom. The van der Waals surface area contributed by atoms with Crippen LogP contribution in [0.25, 0.3) is 0 Å². The molecule has 0 atom stereocenters. The van der Waals surface area contributed by atoms with E-state index in [9.17, 15) is 18.4 Å². The molecule has 164 valence electrons. The number of nitrogens with one attached hydrogen (secondary N) is 1. The molecule has 0 saturated carbocycles. The van der Waals surface area contributed by atoms with E-state index in [1.807, 2.05) is 24.3 Å². The van der Waals surface area contributed by atoms with E-state index in [0.29, 0.717) is 6.54 Å². The van der Waals surface area contributed by atoms with Gasteiger partial charge in [0.1, 0.15) is 6.07 Å². The van der Waals surface area contributed by atoms with Crippen molar-refractivity contribution in [2.24, 2.45) is 5.10 Å². The molecule has 0 aliphatic carbocycles. The average molecular weight is 470 g/mol. The van der Waals surface area contributed by atoms with Gasteiger partial charge in [-0.15, -0.1) is 0 Å². The summed E-state index contributed by atoms with van der Waals surface area (Å²) in [6.07, 6.45) is -4.56. The van der Waals surface area contributed by atoms with Crippen molar-refractivity contribution in [1.82, 2.24) is 9.80 Å². The first-order valence-electron chi connectivity index (χ1n) is 9.54. The topological polar surface area (TPSA) is 54.7 Å². The summed E-state index contributed by atoms with van der Waals surface area (Å²) in [4.78, 5) is 4.44. The van der Waals surface area contributed by atoms with Crippen molar-refractivity contribution in [3.8, 4) is 6.07 Å². The lowest BCUT2D eigenvalue weighted by atomic mass is 10.2. The van der Waals surface area contributed by atoms with Gasteiger partial charge in [-0.2, -0.15) is 23.5 Å². The van der Waals surface area contributed by atoms with Gasteiger partial charge in [-0.05, 0) is 17.7 Å². The quantitative estimate of drug-likeness (QED) is 0.471. The maximum atomic E-state index is 12.8. The summed E-state index contributed by atoms with van der Waals surface area (Å²) in [5.74, 6) is 0. The van der Waals surface area contributed by atoms with Crippen LogP contribution in [0, 0.1) is 11.3 Å². The summed E-state index contributed by atoms with van der Waals surface area (Å²) in [5.41, 5.74) is 3.05. The molecule has 2 aromatic rings. The van der Waals surface area contributed by atoms with Crippen molar-refractivity contribution in [2.45, 2.75) is 12.7 Å². The van der Waals surface area contributed by atoms with Crippen molar-refractivity contribution in [3.63, 3.8) is 0 Å². The highest BCUT2D eigenvalue weighted by Gasteiger charge is 2.32. The zero-order valence-corrected chi connectivity index (χ0v) is 18.0. The molecule has 10 heteroatoms. The Labute approximate surface area is 188 Å². The number of alkyl halides is 3. The van der Waals surface area contributed by atoms with Crippen LogP contribution in [0.15, 0.2) is 47.6 Å². The fourth-order valence-electron chi connectivity index (χ4n) is 3.22. The van der Waals surface area contributed by atoms with Gasteiger partial charge in [0.15, 0.2) is 5.71 Å². The highest BCUT2D eigenvalue weighted by molar-refractivity contribution is 6.39. The van der Waals surface area contributed by atoms with Crippen molar-refractivity contribution >= 4 is 34.6 Å². The van der Waals surface area contributed by atoms with Gasteiger partial charge in [0, 0.05) is 32.7 Å². The van der Waals surface area contributed by atoms with Crippen molar-refractivity contribution in [1.29, 1.82) is 5.26 Å². The lowest BCUT2D eigenvalue weighted by molar-refractivity contribution is -0.137. The van der Waals surface area contributed by atoms with E-state index in [0.717, 1.165) is 44.9 Å². The average Bonchev–Trinajstić information content (AvgIpc) is 2.73. The molecule has 1 aliphatic rings. The van der Waals surface area contributed by atoms with E-state index in [4.69, 9.17) is 23.2 Å². The molecule has 0 amide bonds. The van der Waals surface area contributed by atoms with E-state index in [-0.39, 0.29) is 21.4 Å². The summed E-state index contributed by atoms with van der Waals surface area (Å²) in [6.45, 7) is 4.46. The van der Waals surface area contributed by atoms with E-state index in [1.54, 1.807) is 0 Å². The third-order valence-corrected chi connectivity index (χ3v) is 5.48. The Hall–Kier alpha value is -2.31. The van der Waals surface area contributed by atoms with Gasteiger partial charge >= 0.3 is 6.18 Å². The number of piperazine rings is 1. The van der Waals surface area contributed by atoms with E-state index < -0.39 is 11.7 Å². The molecule has 0 aromatic heterocycles. The normalized spacial score (nSPS) is 16.2. The van der Waals surface area contributed by atoms with Gasteiger partial charge in [0.2, 0.25) is 0 Å². The van der Waals surface area contributed by atoms with Crippen LogP contribution in [-0.2, 0) is 12.7 Å². The van der Waals surface area contributed by atoms with Crippen LogP contribution in [0.2, 0.25) is 10.0 Å². The molecule has 1 fully saturated rings.